The molecular formula is C25H39N7O2. The predicted molar refractivity (Wildman–Crippen MR) is 136 cm³/mol. The zero-order valence-corrected chi connectivity index (χ0v) is 21.1. The molecule has 1 aliphatic heterocycles. The highest BCUT2D eigenvalue weighted by Gasteiger charge is 2.37. The van der Waals surface area contributed by atoms with E-state index >= 15 is 0 Å². The summed E-state index contributed by atoms with van der Waals surface area (Å²) >= 11 is 0. The molecule has 2 heterocycles. The molecule has 0 fully saturated rings. The molecule has 1 aromatic rings. The van der Waals surface area contributed by atoms with E-state index in [0.717, 1.165) is 35.8 Å². The fraction of sp³-hybridized carbons (Fsp3) is 0.560. The fourth-order valence-corrected chi connectivity index (χ4v) is 4.03. The molecular weight excluding hydrogens is 430 g/mol. The standard InChI is InChI=1S/C25H39N7O2/c1-7-10-12-21-20(16-26-18-33)17-28-24(27-15-8-2)32(23(21)34)25(5,6)14-11-13-22-19(4)29-30-31(22)9-3/h8,13,18H,2,4,7,9-12,14-17H2,1,3,5-6H3,(H,26,33)(H,27,28)/b22-13+. The number of aliphatic imine (C=N–C) groups is 1. The number of carbonyl (C=O) groups excluding carboxylic acids is 2. The molecule has 1 aromatic heterocycles. The Labute approximate surface area is 202 Å². The van der Waals surface area contributed by atoms with E-state index in [1.807, 2.05) is 11.6 Å². The van der Waals surface area contributed by atoms with Crippen LogP contribution in [0.1, 0.15) is 59.8 Å². The molecule has 186 valence electrons. The molecule has 0 radical (unpaired) electrons. The molecule has 2 amide bonds. The van der Waals surface area contributed by atoms with Crippen LogP contribution in [0.25, 0.3) is 12.7 Å². The molecule has 0 atom stereocenters. The number of amides is 2. The summed E-state index contributed by atoms with van der Waals surface area (Å²) in [6, 6.07) is 0. The second kappa shape index (κ2) is 12.9. The molecule has 0 spiro atoms. The van der Waals surface area contributed by atoms with Crippen LogP contribution in [0.2, 0.25) is 0 Å². The first kappa shape index (κ1) is 27.0. The highest BCUT2D eigenvalue weighted by Crippen LogP contribution is 2.28. The topological polar surface area (TPSA) is 105 Å². The van der Waals surface area contributed by atoms with Gasteiger partial charge in [-0.15, -0.1) is 11.7 Å². The van der Waals surface area contributed by atoms with Crippen molar-refractivity contribution >= 4 is 30.9 Å². The maximum absolute atomic E-state index is 14.0. The van der Waals surface area contributed by atoms with E-state index in [1.54, 1.807) is 11.0 Å². The summed E-state index contributed by atoms with van der Waals surface area (Å²) in [6.45, 7) is 17.8. The molecule has 0 saturated heterocycles. The summed E-state index contributed by atoms with van der Waals surface area (Å²) in [4.78, 5) is 31.4. The molecule has 0 aliphatic carbocycles. The average Bonchev–Trinajstić information content (AvgIpc) is 3.10. The second-order valence-electron chi connectivity index (χ2n) is 8.93. The minimum atomic E-state index is -0.530. The first-order valence-corrected chi connectivity index (χ1v) is 12.0. The Kier molecular flexibility index (Phi) is 10.2. The summed E-state index contributed by atoms with van der Waals surface area (Å²) < 4.78 is 1.82. The van der Waals surface area contributed by atoms with Crippen LogP contribution in [0.5, 0.6) is 0 Å². The van der Waals surface area contributed by atoms with Crippen LogP contribution in [0.4, 0.5) is 0 Å². The van der Waals surface area contributed by atoms with E-state index in [-0.39, 0.29) is 5.91 Å². The van der Waals surface area contributed by atoms with E-state index in [1.165, 1.54) is 0 Å². The van der Waals surface area contributed by atoms with E-state index in [2.05, 4.69) is 61.0 Å². The van der Waals surface area contributed by atoms with Gasteiger partial charge in [0.1, 0.15) is 5.35 Å². The Morgan fingerprint density at radius 1 is 1.26 bits per heavy atom. The van der Waals surface area contributed by atoms with Gasteiger partial charge in [-0.1, -0.05) is 37.3 Å². The van der Waals surface area contributed by atoms with Gasteiger partial charge in [-0.25, -0.2) is 9.67 Å². The Bertz CT molecular complexity index is 1040. The van der Waals surface area contributed by atoms with E-state index in [0.29, 0.717) is 56.7 Å². The van der Waals surface area contributed by atoms with Crippen LogP contribution in [0, 0.1) is 0 Å². The summed E-state index contributed by atoms with van der Waals surface area (Å²) in [5.74, 6) is 0.468. The Morgan fingerprint density at radius 2 is 2.03 bits per heavy atom. The van der Waals surface area contributed by atoms with E-state index in [4.69, 9.17) is 4.99 Å². The normalized spacial score (nSPS) is 15.3. The van der Waals surface area contributed by atoms with Gasteiger partial charge in [0.2, 0.25) is 12.4 Å². The zero-order chi connectivity index (χ0) is 25.1. The summed E-state index contributed by atoms with van der Waals surface area (Å²) in [5, 5.41) is 15.7. The molecule has 34 heavy (non-hydrogen) atoms. The number of carbonyl (C=O) groups is 2. The van der Waals surface area contributed by atoms with Gasteiger partial charge in [0.05, 0.1) is 11.9 Å². The minimum Gasteiger partial charge on any atom is -0.355 e. The van der Waals surface area contributed by atoms with Gasteiger partial charge in [0.15, 0.2) is 0 Å². The van der Waals surface area contributed by atoms with Gasteiger partial charge in [-0.05, 0) is 52.0 Å². The highest BCUT2D eigenvalue weighted by atomic mass is 16.2. The zero-order valence-electron chi connectivity index (χ0n) is 21.1. The first-order valence-electron chi connectivity index (χ1n) is 12.0. The van der Waals surface area contributed by atoms with Crippen molar-refractivity contribution in [2.24, 2.45) is 4.99 Å². The SMILES string of the molecule is C=CCNC1=NCC(CNC=O)=C(CCCC)C(=O)N1C(C)(C)CC/C=c1\c(=C)nnn1CC. The molecule has 9 heteroatoms. The maximum atomic E-state index is 14.0. The third kappa shape index (κ3) is 6.65. The van der Waals surface area contributed by atoms with Crippen molar-refractivity contribution in [2.45, 2.75) is 71.9 Å². The van der Waals surface area contributed by atoms with Crippen molar-refractivity contribution < 1.29 is 9.59 Å². The number of hydrogen-bond acceptors (Lipinski definition) is 6. The van der Waals surface area contributed by atoms with Crippen LogP contribution in [-0.2, 0) is 16.1 Å². The number of aryl methyl sites for hydroxylation is 1. The molecule has 2 rings (SSSR count). The molecule has 0 saturated carbocycles. The Morgan fingerprint density at radius 3 is 2.68 bits per heavy atom. The first-order chi connectivity index (χ1) is 16.3. The van der Waals surface area contributed by atoms with Crippen LogP contribution in [-0.4, -0.2) is 63.3 Å². The molecule has 9 nitrogen and oxygen atoms in total. The highest BCUT2D eigenvalue weighted by molar-refractivity contribution is 6.07. The van der Waals surface area contributed by atoms with Gasteiger partial charge >= 0.3 is 0 Å². The third-order valence-corrected chi connectivity index (χ3v) is 5.95. The summed E-state index contributed by atoms with van der Waals surface area (Å²) in [6.07, 6.45) is 8.41. The van der Waals surface area contributed by atoms with Gasteiger partial charge < -0.3 is 10.6 Å². The second-order valence-corrected chi connectivity index (χ2v) is 8.93. The lowest BCUT2D eigenvalue weighted by Crippen LogP contribution is -2.56. The van der Waals surface area contributed by atoms with Crippen molar-refractivity contribution in [3.8, 4) is 0 Å². The third-order valence-electron chi connectivity index (χ3n) is 5.95. The number of guanidine groups is 1. The average molecular weight is 470 g/mol. The van der Waals surface area contributed by atoms with Gasteiger partial charge in [0.25, 0.3) is 5.91 Å². The predicted octanol–water partition coefficient (Wildman–Crippen LogP) is 1.25. The van der Waals surface area contributed by atoms with Crippen LogP contribution in [0.3, 0.4) is 0 Å². The fourth-order valence-electron chi connectivity index (χ4n) is 4.03. The number of nitrogens with one attached hydrogen (secondary N) is 2. The number of rotatable bonds is 13. The number of aromatic nitrogens is 3. The van der Waals surface area contributed by atoms with Gasteiger partial charge in [0, 0.05) is 30.7 Å². The summed E-state index contributed by atoms with van der Waals surface area (Å²) in [7, 11) is 0. The van der Waals surface area contributed by atoms with Gasteiger partial charge in [-0.2, -0.15) is 0 Å². The number of nitrogens with zero attached hydrogens (tertiary/aromatic N) is 5. The summed E-state index contributed by atoms with van der Waals surface area (Å²) in [5.41, 5.74) is 1.06. The van der Waals surface area contributed by atoms with Gasteiger partial charge in [-0.3, -0.25) is 14.5 Å². The smallest absolute Gasteiger partial charge is 0.257 e. The largest absolute Gasteiger partial charge is 0.355 e. The van der Waals surface area contributed by atoms with Crippen LogP contribution < -0.4 is 21.3 Å². The van der Waals surface area contributed by atoms with E-state index in [9.17, 15) is 9.59 Å². The monoisotopic (exact) mass is 469 g/mol. The Hall–Kier alpha value is -3.23. The lowest BCUT2D eigenvalue weighted by molar-refractivity contribution is -0.127. The number of unbranched alkanes of at least 4 members (excludes halogenated alkanes) is 1. The molecule has 2 N–H and O–H groups in total. The van der Waals surface area contributed by atoms with Crippen molar-refractivity contribution in [3.05, 3.63) is 34.5 Å². The Balaban J connectivity index is 2.42. The molecule has 0 unspecified atom stereocenters. The van der Waals surface area contributed by atoms with Crippen molar-refractivity contribution in [1.29, 1.82) is 0 Å². The van der Waals surface area contributed by atoms with Crippen molar-refractivity contribution in [2.75, 3.05) is 19.6 Å². The number of hydrogen-bond donors (Lipinski definition) is 2. The van der Waals surface area contributed by atoms with Crippen LogP contribution >= 0.6 is 0 Å². The maximum Gasteiger partial charge on any atom is 0.257 e. The van der Waals surface area contributed by atoms with E-state index < -0.39 is 5.54 Å². The lowest BCUT2D eigenvalue weighted by Gasteiger charge is -2.39. The lowest BCUT2D eigenvalue weighted by atomic mass is 9.93. The van der Waals surface area contributed by atoms with Crippen LogP contribution in [0.15, 0.2) is 28.8 Å². The van der Waals surface area contributed by atoms with Crippen molar-refractivity contribution in [1.82, 2.24) is 30.5 Å². The molecule has 0 aromatic carbocycles. The van der Waals surface area contributed by atoms with Crippen molar-refractivity contribution in [3.63, 3.8) is 0 Å². The molecule has 0 bridgehead atoms. The molecule has 1 aliphatic rings. The minimum absolute atomic E-state index is 0.0629. The quantitative estimate of drug-likeness (QED) is 0.334.